The van der Waals surface area contributed by atoms with E-state index in [1.807, 2.05) is 13.0 Å². The Morgan fingerprint density at radius 1 is 1.18 bits per heavy atom. The van der Waals surface area contributed by atoms with E-state index in [4.69, 9.17) is 4.74 Å². The van der Waals surface area contributed by atoms with Gasteiger partial charge in [0, 0.05) is 11.9 Å². The molecule has 0 aliphatic rings. The van der Waals surface area contributed by atoms with E-state index < -0.39 is 0 Å². The number of fused-ring (bicyclic) bond motifs is 1. The van der Waals surface area contributed by atoms with Gasteiger partial charge in [0.05, 0.1) is 6.61 Å². The molecule has 120 valence electrons. The highest BCUT2D eigenvalue weighted by Crippen LogP contribution is 2.36. The second kappa shape index (κ2) is 7.01. The summed E-state index contributed by atoms with van der Waals surface area (Å²) in [6.45, 7) is 7.92. The van der Waals surface area contributed by atoms with Gasteiger partial charge in [0.15, 0.2) is 0 Å². The molecule has 22 heavy (non-hydrogen) atoms. The molecule has 0 bridgehead atoms. The number of hydrogen-bond donors (Lipinski definition) is 1. The van der Waals surface area contributed by atoms with Crippen molar-refractivity contribution in [2.75, 3.05) is 27.2 Å². The average Bonchev–Trinajstić information content (AvgIpc) is 2.44. The van der Waals surface area contributed by atoms with E-state index in [0.717, 1.165) is 40.6 Å². The first-order valence-electron chi connectivity index (χ1n) is 7.94. The maximum absolute atomic E-state index is 10.3. The first-order valence-corrected chi connectivity index (χ1v) is 7.94. The van der Waals surface area contributed by atoms with Crippen LogP contribution in [-0.4, -0.2) is 37.3 Å². The van der Waals surface area contributed by atoms with Gasteiger partial charge in [-0.3, -0.25) is 0 Å². The lowest BCUT2D eigenvalue weighted by Crippen LogP contribution is -2.15. The lowest BCUT2D eigenvalue weighted by atomic mass is 9.96. The SMILES string of the molecule is Cc1ccc2cc(C(C)C)c(O)cc2c1OCCCN(C)C. The summed E-state index contributed by atoms with van der Waals surface area (Å²) < 4.78 is 6.02. The van der Waals surface area contributed by atoms with Crippen molar-refractivity contribution in [2.45, 2.75) is 33.1 Å². The van der Waals surface area contributed by atoms with Crippen molar-refractivity contribution in [2.24, 2.45) is 0 Å². The zero-order chi connectivity index (χ0) is 16.3. The average molecular weight is 301 g/mol. The van der Waals surface area contributed by atoms with Crippen LogP contribution >= 0.6 is 0 Å². The van der Waals surface area contributed by atoms with Crippen LogP contribution in [0.2, 0.25) is 0 Å². The molecule has 2 rings (SSSR count). The maximum Gasteiger partial charge on any atom is 0.130 e. The van der Waals surface area contributed by atoms with Gasteiger partial charge >= 0.3 is 0 Å². The summed E-state index contributed by atoms with van der Waals surface area (Å²) in [4.78, 5) is 2.15. The fourth-order valence-electron chi connectivity index (χ4n) is 2.67. The van der Waals surface area contributed by atoms with Gasteiger partial charge in [0.2, 0.25) is 0 Å². The lowest BCUT2D eigenvalue weighted by molar-refractivity contribution is 0.283. The third-order valence-electron chi connectivity index (χ3n) is 3.93. The highest BCUT2D eigenvalue weighted by molar-refractivity contribution is 5.91. The van der Waals surface area contributed by atoms with Crippen LogP contribution in [0.4, 0.5) is 0 Å². The Bertz CT molecular complexity index is 647. The largest absolute Gasteiger partial charge is 0.508 e. The summed E-state index contributed by atoms with van der Waals surface area (Å²) >= 11 is 0. The zero-order valence-corrected chi connectivity index (χ0v) is 14.3. The molecule has 0 aromatic heterocycles. The van der Waals surface area contributed by atoms with Crippen LogP contribution in [0.5, 0.6) is 11.5 Å². The molecule has 0 saturated carbocycles. The van der Waals surface area contributed by atoms with Crippen molar-refractivity contribution in [3.8, 4) is 11.5 Å². The van der Waals surface area contributed by atoms with Crippen LogP contribution in [-0.2, 0) is 0 Å². The Kier molecular flexibility index (Phi) is 5.30. The molecule has 0 radical (unpaired) electrons. The molecule has 2 aromatic carbocycles. The molecular formula is C19H27NO2. The minimum Gasteiger partial charge on any atom is -0.508 e. The normalized spacial score (nSPS) is 11.6. The predicted octanol–water partition coefficient (Wildman–Crippen LogP) is 4.31. The van der Waals surface area contributed by atoms with Crippen LogP contribution in [0.25, 0.3) is 10.8 Å². The van der Waals surface area contributed by atoms with E-state index in [1.165, 1.54) is 0 Å². The third kappa shape index (κ3) is 3.72. The first kappa shape index (κ1) is 16.6. The molecule has 3 heteroatoms. The second-order valence-corrected chi connectivity index (χ2v) is 6.50. The predicted molar refractivity (Wildman–Crippen MR) is 93.1 cm³/mol. The van der Waals surface area contributed by atoms with Crippen LogP contribution < -0.4 is 4.74 Å². The summed E-state index contributed by atoms with van der Waals surface area (Å²) in [6, 6.07) is 8.10. The van der Waals surface area contributed by atoms with E-state index >= 15 is 0 Å². The Labute approximate surface area is 133 Å². The van der Waals surface area contributed by atoms with Crippen LogP contribution in [0.3, 0.4) is 0 Å². The van der Waals surface area contributed by atoms with E-state index in [2.05, 4.69) is 51.0 Å². The van der Waals surface area contributed by atoms with E-state index in [1.54, 1.807) is 0 Å². The Balaban J connectivity index is 2.32. The number of aryl methyl sites for hydroxylation is 1. The zero-order valence-electron chi connectivity index (χ0n) is 14.3. The van der Waals surface area contributed by atoms with Crippen molar-refractivity contribution >= 4 is 10.8 Å². The van der Waals surface area contributed by atoms with Gasteiger partial charge < -0.3 is 14.7 Å². The molecule has 0 heterocycles. The number of hydrogen-bond acceptors (Lipinski definition) is 3. The van der Waals surface area contributed by atoms with Gasteiger partial charge in [-0.2, -0.15) is 0 Å². The third-order valence-corrected chi connectivity index (χ3v) is 3.93. The molecule has 0 spiro atoms. The molecule has 1 N–H and O–H groups in total. The molecule has 0 unspecified atom stereocenters. The number of phenolic OH excluding ortho intramolecular Hbond substituents is 1. The highest BCUT2D eigenvalue weighted by Gasteiger charge is 2.12. The second-order valence-electron chi connectivity index (χ2n) is 6.50. The van der Waals surface area contributed by atoms with E-state index in [9.17, 15) is 5.11 Å². The molecule has 0 saturated heterocycles. The Morgan fingerprint density at radius 3 is 2.55 bits per heavy atom. The fourth-order valence-corrected chi connectivity index (χ4v) is 2.67. The van der Waals surface area contributed by atoms with Gasteiger partial charge in [-0.05, 0) is 62.0 Å². The summed E-state index contributed by atoms with van der Waals surface area (Å²) in [5.41, 5.74) is 2.09. The van der Waals surface area contributed by atoms with Crippen molar-refractivity contribution in [3.63, 3.8) is 0 Å². The van der Waals surface area contributed by atoms with Crippen LogP contribution in [0.15, 0.2) is 24.3 Å². The van der Waals surface area contributed by atoms with Gasteiger partial charge in [-0.1, -0.05) is 26.0 Å². The number of rotatable bonds is 6. The summed E-state index contributed by atoms with van der Waals surface area (Å²) in [5.74, 6) is 1.54. The molecule has 0 fully saturated rings. The topological polar surface area (TPSA) is 32.7 Å². The molecular weight excluding hydrogens is 274 g/mol. The number of benzene rings is 2. The fraction of sp³-hybridized carbons (Fsp3) is 0.474. The first-order chi connectivity index (χ1) is 10.4. The minimum atomic E-state index is 0.301. The van der Waals surface area contributed by atoms with Crippen LogP contribution in [0, 0.1) is 6.92 Å². The molecule has 3 nitrogen and oxygen atoms in total. The monoisotopic (exact) mass is 301 g/mol. The van der Waals surface area contributed by atoms with Gasteiger partial charge in [-0.25, -0.2) is 0 Å². The van der Waals surface area contributed by atoms with Gasteiger partial charge in [0.25, 0.3) is 0 Å². The number of nitrogens with zero attached hydrogens (tertiary/aromatic N) is 1. The smallest absolute Gasteiger partial charge is 0.130 e. The summed E-state index contributed by atoms with van der Waals surface area (Å²) in [5, 5.41) is 12.4. The van der Waals surface area contributed by atoms with Crippen molar-refractivity contribution < 1.29 is 9.84 Å². The van der Waals surface area contributed by atoms with Crippen molar-refractivity contribution in [3.05, 3.63) is 35.4 Å². The molecule has 0 amide bonds. The molecule has 0 atom stereocenters. The molecule has 0 aliphatic carbocycles. The maximum atomic E-state index is 10.3. The highest BCUT2D eigenvalue weighted by atomic mass is 16.5. The quantitative estimate of drug-likeness (QED) is 0.807. The van der Waals surface area contributed by atoms with Gasteiger partial charge in [0.1, 0.15) is 11.5 Å². The van der Waals surface area contributed by atoms with E-state index in [-0.39, 0.29) is 0 Å². The van der Waals surface area contributed by atoms with Crippen molar-refractivity contribution in [1.82, 2.24) is 4.90 Å². The van der Waals surface area contributed by atoms with E-state index in [0.29, 0.717) is 18.3 Å². The number of ether oxygens (including phenoxy) is 1. The standard InChI is InChI=1S/C19H27NO2/c1-13(2)16-11-15-8-7-14(3)19(17(15)12-18(16)21)22-10-6-9-20(4)5/h7-8,11-13,21H,6,9-10H2,1-5H3. The van der Waals surface area contributed by atoms with Crippen molar-refractivity contribution in [1.29, 1.82) is 0 Å². The summed E-state index contributed by atoms with van der Waals surface area (Å²) in [7, 11) is 4.13. The summed E-state index contributed by atoms with van der Waals surface area (Å²) in [6.07, 6.45) is 0.985. The minimum absolute atomic E-state index is 0.301. The Hall–Kier alpha value is -1.74. The lowest BCUT2D eigenvalue weighted by Gasteiger charge is -2.16. The van der Waals surface area contributed by atoms with Gasteiger partial charge in [-0.15, -0.1) is 0 Å². The Morgan fingerprint density at radius 2 is 1.91 bits per heavy atom. The van der Waals surface area contributed by atoms with Crippen LogP contribution in [0.1, 0.15) is 37.3 Å². The molecule has 2 aromatic rings. The number of aromatic hydroxyl groups is 1. The number of phenols is 1. The molecule has 0 aliphatic heterocycles.